The largest absolute Gasteiger partial charge is 0.416 e. The van der Waals surface area contributed by atoms with Gasteiger partial charge in [-0.05, 0) is 67.3 Å². The molecule has 0 bridgehead atoms. The minimum Gasteiger partial charge on any atom is -0.206 e. The Morgan fingerprint density at radius 2 is 1.53 bits per heavy atom. The van der Waals surface area contributed by atoms with Crippen LogP contribution in [0.1, 0.15) is 73.6 Å². The predicted molar refractivity (Wildman–Crippen MR) is 106 cm³/mol. The number of rotatable bonds is 5. The molecule has 0 saturated heterocycles. The van der Waals surface area contributed by atoms with Gasteiger partial charge in [0.15, 0.2) is 11.7 Å². The lowest BCUT2D eigenvalue weighted by molar-refractivity contribution is -0.137. The topological polar surface area (TPSA) is 0 Å². The molecule has 2 aromatic rings. The van der Waals surface area contributed by atoms with Crippen LogP contribution in [0.15, 0.2) is 42.5 Å². The van der Waals surface area contributed by atoms with Crippen LogP contribution in [0.3, 0.4) is 0 Å². The Morgan fingerprint density at radius 1 is 0.900 bits per heavy atom. The summed E-state index contributed by atoms with van der Waals surface area (Å²) in [6.07, 6.45) is 1.82. The smallest absolute Gasteiger partial charge is 0.206 e. The zero-order chi connectivity index (χ0) is 21.9. The molecule has 162 valence electrons. The van der Waals surface area contributed by atoms with Gasteiger partial charge in [0.05, 0.1) is 5.56 Å². The van der Waals surface area contributed by atoms with Crippen LogP contribution in [0.5, 0.6) is 0 Å². The Bertz CT molecular complexity index is 887. The highest BCUT2D eigenvalue weighted by molar-refractivity contribution is 5.83. The third kappa shape index (κ3) is 5.08. The van der Waals surface area contributed by atoms with Crippen molar-refractivity contribution in [3.8, 4) is 0 Å². The molecule has 30 heavy (non-hydrogen) atoms. The fourth-order valence-electron chi connectivity index (χ4n) is 4.21. The lowest BCUT2D eigenvalue weighted by atomic mass is 9.77. The molecule has 6 heteroatoms. The van der Waals surface area contributed by atoms with E-state index in [2.05, 4.69) is 6.92 Å². The summed E-state index contributed by atoms with van der Waals surface area (Å²) in [5.41, 5.74) is -1.10. The zero-order valence-corrected chi connectivity index (χ0v) is 16.7. The van der Waals surface area contributed by atoms with Crippen LogP contribution >= 0.6 is 0 Å². The van der Waals surface area contributed by atoms with Gasteiger partial charge in [-0.2, -0.15) is 13.2 Å². The van der Waals surface area contributed by atoms with Crippen LogP contribution in [0, 0.1) is 11.7 Å². The molecule has 0 radical (unpaired) electrons. The predicted octanol–water partition coefficient (Wildman–Crippen LogP) is 8.68. The van der Waals surface area contributed by atoms with Crippen LogP contribution in [0.2, 0.25) is 0 Å². The second-order valence-electron chi connectivity index (χ2n) is 7.95. The van der Waals surface area contributed by atoms with Crippen molar-refractivity contribution in [3.63, 3.8) is 0 Å². The average molecular weight is 426 g/mol. The van der Waals surface area contributed by atoms with E-state index in [0.29, 0.717) is 18.1 Å². The molecule has 0 spiro atoms. The first-order valence-electron chi connectivity index (χ1n) is 10.2. The minimum atomic E-state index is -4.57. The maximum absolute atomic E-state index is 14.6. The van der Waals surface area contributed by atoms with Crippen molar-refractivity contribution in [1.82, 2.24) is 0 Å². The fraction of sp³-hybridized carbons (Fsp3) is 0.417. The van der Waals surface area contributed by atoms with Crippen molar-refractivity contribution < 1.29 is 26.3 Å². The second kappa shape index (κ2) is 9.27. The molecule has 1 aliphatic carbocycles. The van der Waals surface area contributed by atoms with Gasteiger partial charge in [0.1, 0.15) is 5.82 Å². The lowest BCUT2D eigenvalue weighted by Gasteiger charge is -2.28. The molecular formula is C24H24F6. The van der Waals surface area contributed by atoms with Gasteiger partial charge in [0.2, 0.25) is 0 Å². The van der Waals surface area contributed by atoms with Gasteiger partial charge in [-0.3, -0.25) is 0 Å². The molecule has 0 aliphatic heterocycles. The maximum atomic E-state index is 14.6. The summed E-state index contributed by atoms with van der Waals surface area (Å²) in [5.74, 6) is -2.79. The minimum absolute atomic E-state index is 0.202. The zero-order valence-electron chi connectivity index (χ0n) is 16.7. The van der Waals surface area contributed by atoms with Crippen molar-refractivity contribution >= 4 is 11.7 Å². The van der Waals surface area contributed by atoms with E-state index in [0.717, 1.165) is 49.8 Å². The molecule has 1 aliphatic rings. The van der Waals surface area contributed by atoms with Gasteiger partial charge in [-0.1, -0.05) is 38.0 Å². The van der Waals surface area contributed by atoms with E-state index in [1.54, 1.807) is 6.07 Å². The van der Waals surface area contributed by atoms with Gasteiger partial charge in [0, 0.05) is 11.1 Å². The summed E-state index contributed by atoms with van der Waals surface area (Å²) in [6.45, 7) is 2.16. The molecule has 0 unspecified atom stereocenters. The number of hydrogen-bond acceptors (Lipinski definition) is 0. The normalized spacial score (nSPS) is 20.8. The van der Waals surface area contributed by atoms with Crippen LogP contribution in [-0.4, -0.2) is 0 Å². The first-order valence-corrected chi connectivity index (χ1v) is 10.2. The van der Waals surface area contributed by atoms with Gasteiger partial charge in [0.25, 0.3) is 0 Å². The van der Waals surface area contributed by atoms with E-state index in [4.69, 9.17) is 0 Å². The molecule has 0 amide bonds. The Morgan fingerprint density at radius 3 is 2.07 bits per heavy atom. The monoisotopic (exact) mass is 426 g/mol. The Hall–Kier alpha value is -2.24. The third-order valence-electron chi connectivity index (χ3n) is 5.90. The molecule has 1 saturated carbocycles. The molecule has 2 aromatic carbocycles. The van der Waals surface area contributed by atoms with Crippen molar-refractivity contribution in [2.75, 3.05) is 0 Å². The Labute approximate surface area is 172 Å². The van der Waals surface area contributed by atoms with Crippen LogP contribution in [-0.2, 0) is 6.18 Å². The van der Waals surface area contributed by atoms with E-state index in [1.165, 1.54) is 18.6 Å². The van der Waals surface area contributed by atoms with Crippen molar-refractivity contribution in [2.24, 2.45) is 5.92 Å². The number of alkyl halides is 3. The highest BCUT2D eigenvalue weighted by atomic mass is 19.4. The Kier molecular flexibility index (Phi) is 6.94. The molecular weight excluding hydrogens is 402 g/mol. The van der Waals surface area contributed by atoms with Crippen molar-refractivity contribution in [1.29, 1.82) is 0 Å². The summed E-state index contributed by atoms with van der Waals surface area (Å²) < 4.78 is 81.4. The van der Waals surface area contributed by atoms with E-state index < -0.39 is 34.8 Å². The molecule has 0 N–H and O–H groups in total. The quantitative estimate of drug-likeness (QED) is 0.331. The van der Waals surface area contributed by atoms with Gasteiger partial charge in [-0.25, -0.2) is 13.2 Å². The van der Waals surface area contributed by atoms with E-state index in [-0.39, 0.29) is 11.5 Å². The van der Waals surface area contributed by atoms with E-state index in [9.17, 15) is 26.3 Å². The van der Waals surface area contributed by atoms with E-state index in [1.807, 2.05) is 0 Å². The second-order valence-corrected chi connectivity index (χ2v) is 7.95. The fourth-order valence-corrected chi connectivity index (χ4v) is 4.21. The first kappa shape index (κ1) is 22.4. The molecule has 0 heterocycles. The first-order chi connectivity index (χ1) is 14.2. The highest BCUT2D eigenvalue weighted by Crippen LogP contribution is 2.39. The molecule has 0 nitrogen and oxygen atoms in total. The number of benzene rings is 2. The summed E-state index contributed by atoms with van der Waals surface area (Å²) in [6, 6.07) is 7.06. The summed E-state index contributed by atoms with van der Waals surface area (Å²) >= 11 is 0. The van der Waals surface area contributed by atoms with Crippen LogP contribution in [0.4, 0.5) is 26.3 Å². The van der Waals surface area contributed by atoms with Gasteiger partial charge in [-0.15, -0.1) is 0 Å². The number of hydrogen-bond donors (Lipinski definition) is 0. The average Bonchev–Trinajstić information content (AvgIpc) is 2.73. The lowest BCUT2D eigenvalue weighted by Crippen LogP contribution is -2.13. The highest BCUT2D eigenvalue weighted by Gasteiger charge is 2.30. The van der Waals surface area contributed by atoms with Crippen molar-refractivity contribution in [3.05, 3.63) is 70.5 Å². The SMILES string of the molecule is CCCC1CCC(c2ccc(/C(F)=C(\F)c3ccc(C(F)(F)F)cc3)c(F)c2)CC1. The molecule has 0 aromatic heterocycles. The maximum Gasteiger partial charge on any atom is 0.416 e. The third-order valence-corrected chi connectivity index (χ3v) is 5.90. The van der Waals surface area contributed by atoms with E-state index >= 15 is 0 Å². The van der Waals surface area contributed by atoms with Crippen LogP contribution < -0.4 is 0 Å². The van der Waals surface area contributed by atoms with Crippen LogP contribution in [0.25, 0.3) is 11.7 Å². The standard InChI is InChI=1S/C24H24F6/c1-2-3-15-4-6-16(7-5-15)18-10-13-20(21(25)14-18)23(27)22(26)17-8-11-19(12-9-17)24(28,29)30/h8-16H,2-7H2,1H3/b23-22+. The summed E-state index contributed by atoms with van der Waals surface area (Å²) in [7, 11) is 0. The Balaban J connectivity index is 1.78. The van der Waals surface area contributed by atoms with Crippen molar-refractivity contribution in [2.45, 2.75) is 57.5 Å². The van der Waals surface area contributed by atoms with Gasteiger partial charge >= 0.3 is 6.18 Å². The molecule has 3 rings (SSSR count). The summed E-state index contributed by atoms with van der Waals surface area (Å²) in [5, 5.41) is 0. The number of halogens is 6. The molecule has 0 atom stereocenters. The van der Waals surface area contributed by atoms with Gasteiger partial charge < -0.3 is 0 Å². The summed E-state index contributed by atoms with van der Waals surface area (Å²) in [4.78, 5) is 0. The molecule has 1 fully saturated rings.